The Kier molecular flexibility index (Phi) is 4.82. The fourth-order valence-electron chi connectivity index (χ4n) is 1.61. The Balaban J connectivity index is 2.05. The number of rotatable bonds is 7. The monoisotopic (exact) mass is 263 g/mol. The third-order valence-electron chi connectivity index (χ3n) is 2.62. The maximum Gasteiger partial charge on any atom is 0.170 e. The van der Waals surface area contributed by atoms with Crippen LogP contribution in [0.5, 0.6) is 5.75 Å². The smallest absolute Gasteiger partial charge is 0.170 e. The lowest BCUT2D eigenvalue weighted by atomic mass is 10.3. The maximum atomic E-state index is 5.12. The molecule has 0 radical (unpaired) electrons. The van der Waals surface area contributed by atoms with Gasteiger partial charge in [0.15, 0.2) is 5.82 Å². The van der Waals surface area contributed by atoms with Crippen LogP contribution in [0.4, 0.5) is 0 Å². The van der Waals surface area contributed by atoms with Crippen molar-refractivity contribution in [1.82, 2.24) is 25.5 Å². The molecule has 0 aliphatic heterocycles. The lowest BCUT2D eigenvalue weighted by Crippen LogP contribution is -2.21. The lowest BCUT2D eigenvalue weighted by molar-refractivity contribution is 0.199. The predicted molar refractivity (Wildman–Crippen MR) is 69.3 cm³/mol. The lowest BCUT2D eigenvalue weighted by Gasteiger charge is -2.06. The van der Waals surface area contributed by atoms with Gasteiger partial charge in [0.25, 0.3) is 0 Å². The Bertz CT molecular complexity index is 497. The summed E-state index contributed by atoms with van der Waals surface area (Å²) >= 11 is 0. The van der Waals surface area contributed by atoms with Gasteiger partial charge < -0.3 is 14.8 Å². The normalized spacial score (nSPS) is 10.6. The van der Waals surface area contributed by atoms with E-state index in [0.29, 0.717) is 13.2 Å². The summed E-state index contributed by atoms with van der Waals surface area (Å²) in [7, 11) is 3.31. The molecular weight excluding hydrogens is 246 g/mol. The average Bonchev–Trinajstić information content (AvgIpc) is 2.92. The van der Waals surface area contributed by atoms with Gasteiger partial charge in [0.05, 0.1) is 25.9 Å². The number of nitrogens with one attached hydrogen (secondary N) is 1. The minimum absolute atomic E-state index is 0.586. The third kappa shape index (κ3) is 3.49. The Morgan fingerprint density at radius 2 is 2.00 bits per heavy atom. The van der Waals surface area contributed by atoms with Crippen molar-refractivity contribution >= 4 is 0 Å². The maximum absolute atomic E-state index is 5.12. The quantitative estimate of drug-likeness (QED) is 0.729. The van der Waals surface area contributed by atoms with Gasteiger partial charge >= 0.3 is 0 Å². The second kappa shape index (κ2) is 6.81. The van der Waals surface area contributed by atoms with Crippen molar-refractivity contribution in [3.05, 3.63) is 30.1 Å². The molecule has 0 saturated heterocycles. The first-order valence-electron chi connectivity index (χ1n) is 5.96. The van der Waals surface area contributed by atoms with Gasteiger partial charge in [0.2, 0.25) is 0 Å². The van der Waals surface area contributed by atoms with Crippen LogP contribution < -0.4 is 10.1 Å². The predicted octanol–water partition coefficient (Wildman–Crippen LogP) is 0.407. The minimum Gasteiger partial charge on any atom is -0.497 e. The average molecular weight is 263 g/mol. The number of aromatic nitrogens is 4. The van der Waals surface area contributed by atoms with Crippen LogP contribution in [0.25, 0.3) is 5.69 Å². The summed E-state index contributed by atoms with van der Waals surface area (Å²) in [6.45, 7) is 2.00. The molecule has 102 valence electrons. The molecule has 1 aromatic heterocycles. The van der Waals surface area contributed by atoms with E-state index in [-0.39, 0.29) is 0 Å². The molecule has 0 bridgehead atoms. The van der Waals surface area contributed by atoms with Crippen molar-refractivity contribution in [2.45, 2.75) is 6.54 Å². The summed E-state index contributed by atoms with van der Waals surface area (Å²) in [4.78, 5) is 0. The molecule has 0 spiro atoms. The van der Waals surface area contributed by atoms with E-state index in [2.05, 4.69) is 20.8 Å². The number of benzene rings is 1. The largest absolute Gasteiger partial charge is 0.497 e. The molecule has 0 aliphatic carbocycles. The zero-order chi connectivity index (χ0) is 13.5. The van der Waals surface area contributed by atoms with E-state index in [4.69, 9.17) is 9.47 Å². The van der Waals surface area contributed by atoms with Crippen LogP contribution in [0.15, 0.2) is 24.3 Å². The molecule has 1 aromatic carbocycles. The highest BCUT2D eigenvalue weighted by Crippen LogP contribution is 2.14. The molecule has 19 heavy (non-hydrogen) atoms. The summed E-state index contributed by atoms with van der Waals surface area (Å²) in [6.07, 6.45) is 0. The molecule has 0 fully saturated rings. The molecule has 0 unspecified atom stereocenters. The molecule has 7 nitrogen and oxygen atoms in total. The van der Waals surface area contributed by atoms with E-state index in [1.807, 2.05) is 24.3 Å². The van der Waals surface area contributed by atoms with E-state index in [0.717, 1.165) is 23.8 Å². The van der Waals surface area contributed by atoms with E-state index in [1.165, 1.54) is 0 Å². The SMILES string of the molecule is COCCNCc1nnnn1-c1ccc(OC)cc1. The molecule has 2 rings (SSSR count). The third-order valence-corrected chi connectivity index (χ3v) is 2.62. The Labute approximate surface area is 111 Å². The van der Waals surface area contributed by atoms with Gasteiger partial charge in [0.1, 0.15) is 5.75 Å². The summed E-state index contributed by atoms with van der Waals surface area (Å²) in [6, 6.07) is 7.57. The fraction of sp³-hybridized carbons (Fsp3) is 0.417. The van der Waals surface area contributed by atoms with Crippen LogP contribution in [-0.2, 0) is 11.3 Å². The number of methoxy groups -OCH3 is 2. The number of hydrogen-bond donors (Lipinski definition) is 1. The van der Waals surface area contributed by atoms with E-state index in [9.17, 15) is 0 Å². The van der Waals surface area contributed by atoms with Crippen LogP contribution in [0.3, 0.4) is 0 Å². The van der Waals surface area contributed by atoms with Crippen molar-refractivity contribution in [2.24, 2.45) is 0 Å². The van der Waals surface area contributed by atoms with E-state index in [1.54, 1.807) is 18.9 Å². The number of hydrogen-bond acceptors (Lipinski definition) is 6. The van der Waals surface area contributed by atoms with Gasteiger partial charge in [-0.25, -0.2) is 0 Å². The summed E-state index contributed by atoms with van der Waals surface area (Å²) in [5.74, 6) is 1.55. The first-order chi connectivity index (χ1) is 9.35. The van der Waals surface area contributed by atoms with Gasteiger partial charge in [-0.15, -0.1) is 5.10 Å². The van der Waals surface area contributed by atoms with Crippen molar-refractivity contribution in [3.8, 4) is 11.4 Å². The summed E-state index contributed by atoms with van der Waals surface area (Å²) < 4.78 is 11.8. The van der Waals surface area contributed by atoms with E-state index < -0.39 is 0 Å². The molecule has 1 N–H and O–H groups in total. The molecular formula is C12H17N5O2. The first kappa shape index (κ1) is 13.4. The Hall–Kier alpha value is -1.99. The van der Waals surface area contributed by atoms with Gasteiger partial charge in [0, 0.05) is 13.7 Å². The highest BCUT2D eigenvalue weighted by Gasteiger charge is 2.07. The zero-order valence-electron chi connectivity index (χ0n) is 11.0. The molecule has 1 heterocycles. The topological polar surface area (TPSA) is 74.1 Å². The van der Waals surface area contributed by atoms with Crippen LogP contribution in [0.1, 0.15) is 5.82 Å². The number of ether oxygens (including phenoxy) is 2. The van der Waals surface area contributed by atoms with Gasteiger partial charge in [-0.05, 0) is 34.7 Å². The van der Waals surface area contributed by atoms with Crippen LogP contribution in [-0.4, -0.2) is 47.6 Å². The Morgan fingerprint density at radius 1 is 1.21 bits per heavy atom. The molecule has 2 aromatic rings. The summed E-state index contributed by atoms with van der Waals surface area (Å²) in [5.41, 5.74) is 0.898. The van der Waals surface area contributed by atoms with Gasteiger partial charge in [-0.1, -0.05) is 0 Å². The van der Waals surface area contributed by atoms with Crippen molar-refractivity contribution in [3.63, 3.8) is 0 Å². The van der Waals surface area contributed by atoms with Gasteiger partial charge in [-0.3, -0.25) is 0 Å². The van der Waals surface area contributed by atoms with Crippen molar-refractivity contribution in [2.75, 3.05) is 27.4 Å². The highest BCUT2D eigenvalue weighted by atomic mass is 16.5. The molecule has 0 atom stereocenters. The van der Waals surface area contributed by atoms with Crippen LogP contribution >= 0.6 is 0 Å². The van der Waals surface area contributed by atoms with Crippen molar-refractivity contribution < 1.29 is 9.47 Å². The molecule has 0 aliphatic rings. The molecule has 0 saturated carbocycles. The van der Waals surface area contributed by atoms with Crippen LogP contribution in [0, 0.1) is 0 Å². The zero-order valence-corrected chi connectivity index (χ0v) is 11.0. The highest BCUT2D eigenvalue weighted by molar-refractivity contribution is 5.36. The van der Waals surface area contributed by atoms with Crippen LogP contribution in [0.2, 0.25) is 0 Å². The first-order valence-corrected chi connectivity index (χ1v) is 5.96. The number of nitrogens with zero attached hydrogens (tertiary/aromatic N) is 4. The second-order valence-electron chi connectivity index (χ2n) is 3.87. The van der Waals surface area contributed by atoms with E-state index >= 15 is 0 Å². The summed E-state index contributed by atoms with van der Waals surface area (Å²) in [5, 5.41) is 14.9. The minimum atomic E-state index is 0.586. The fourth-order valence-corrected chi connectivity index (χ4v) is 1.61. The van der Waals surface area contributed by atoms with Crippen molar-refractivity contribution in [1.29, 1.82) is 0 Å². The number of tetrazole rings is 1. The standard InChI is InChI=1S/C12H17N5O2/c1-18-8-7-13-9-12-14-15-16-17(12)10-3-5-11(19-2)6-4-10/h3-6,13H,7-9H2,1-2H3. The second-order valence-corrected chi connectivity index (χ2v) is 3.87. The molecule has 0 amide bonds. The molecule has 7 heteroatoms. The van der Waals surface area contributed by atoms with Gasteiger partial charge in [-0.2, -0.15) is 4.68 Å². The Morgan fingerprint density at radius 3 is 2.68 bits per heavy atom.